The molecular formula is C28H32F3N5O3. The lowest BCUT2D eigenvalue weighted by molar-refractivity contribution is -0.136. The third-order valence-electron chi connectivity index (χ3n) is 8.02. The van der Waals surface area contributed by atoms with Crippen LogP contribution in [0.4, 0.5) is 13.2 Å². The minimum Gasteiger partial charge on any atom is -0.381 e. The molecule has 3 aliphatic rings. The van der Waals surface area contributed by atoms with Crippen molar-refractivity contribution >= 4 is 16.9 Å². The van der Waals surface area contributed by atoms with Crippen LogP contribution in [0.3, 0.4) is 0 Å². The predicted octanol–water partition coefficient (Wildman–Crippen LogP) is 3.96. The summed E-state index contributed by atoms with van der Waals surface area (Å²) in [6.45, 7) is 2.81. The zero-order valence-electron chi connectivity index (χ0n) is 21.5. The maximum Gasteiger partial charge on any atom is 0.418 e. The highest BCUT2D eigenvalue weighted by Gasteiger charge is 2.40. The Morgan fingerprint density at radius 3 is 2.92 bits per heavy atom. The van der Waals surface area contributed by atoms with Crippen molar-refractivity contribution in [2.45, 2.75) is 69.0 Å². The van der Waals surface area contributed by atoms with E-state index >= 15 is 0 Å². The number of nitrogens with zero attached hydrogens (tertiary/aromatic N) is 3. The van der Waals surface area contributed by atoms with E-state index < -0.39 is 11.7 Å². The van der Waals surface area contributed by atoms with Crippen molar-refractivity contribution < 1.29 is 27.4 Å². The number of aryl methyl sites for hydroxylation is 1. The zero-order valence-corrected chi connectivity index (χ0v) is 21.5. The number of H-pyrrole nitrogens is 1. The Morgan fingerprint density at radius 2 is 2.05 bits per heavy atom. The molecule has 2 fully saturated rings. The molecule has 2 aliphatic heterocycles. The van der Waals surface area contributed by atoms with Crippen molar-refractivity contribution in [1.82, 2.24) is 25.2 Å². The van der Waals surface area contributed by atoms with Gasteiger partial charge in [-0.2, -0.15) is 13.2 Å². The SMILES string of the molecule is O=C(Cc1nc2c(C(F)(F)F)cccc2[nH]1)NC1CN(C2CCCOCC2)CC1OC1CCc2cccnc21. The van der Waals surface area contributed by atoms with E-state index in [1.807, 2.05) is 6.07 Å². The van der Waals surface area contributed by atoms with Gasteiger partial charge in [0.25, 0.3) is 0 Å². The number of para-hydroxylation sites is 1. The quantitative estimate of drug-likeness (QED) is 0.489. The van der Waals surface area contributed by atoms with E-state index in [4.69, 9.17) is 9.47 Å². The first-order valence-electron chi connectivity index (χ1n) is 13.6. The van der Waals surface area contributed by atoms with Crippen molar-refractivity contribution in [2.75, 3.05) is 26.3 Å². The van der Waals surface area contributed by atoms with Gasteiger partial charge in [0.2, 0.25) is 5.91 Å². The van der Waals surface area contributed by atoms with E-state index in [1.165, 1.54) is 17.7 Å². The summed E-state index contributed by atoms with van der Waals surface area (Å²) in [6.07, 6.45) is 1.46. The van der Waals surface area contributed by atoms with Crippen LogP contribution >= 0.6 is 0 Å². The molecule has 2 saturated heterocycles. The third kappa shape index (κ3) is 5.66. The summed E-state index contributed by atoms with van der Waals surface area (Å²) in [6, 6.07) is 7.96. The van der Waals surface area contributed by atoms with Gasteiger partial charge in [0.05, 0.1) is 35.3 Å². The number of hydrogen-bond donors (Lipinski definition) is 2. The lowest BCUT2D eigenvalue weighted by Crippen LogP contribution is -2.45. The first-order chi connectivity index (χ1) is 18.8. The standard InChI is InChI=1S/C28H32F3N5O3/c29-28(30,31)19-6-1-7-20-27(19)35-24(33-20)14-25(37)34-21-15-36(18-5-3-12-38-13-10-18)16-23(21)39-22-9-8-17-4-2-11-32-26(17)22/h1-2,4,6-7,11,18,21-23H,3,5,8-10,12-16H2,(H,33,35)(H,34,37). The molecule has 1 aromatic carbocycles. The molecule has 2 aromatic heterocycles. The van der Waals surface area contributed by atoms with Crippen molar-refractivity contribution in [3.05, 3.63) is 59.2 Å². The molecule has 0 radical (unpaired) electrons. The van der Waals surface area contributed by atoms with Crippen LogP contribution in [0.5, 0.6) is 0 Å². The number of aromatic amines is 1. The van der Waals surface area contributed by atoms with Gasteiger partial charge in [0.1, 0.15) is 17.4 Å². The van der Waals surface area contributed by atoms with Gasteiger partial charge in [0, 0.05) is 38.5 Å². The summed E-state index contributed by atoms with van der Waals surface area (Å²) < 4.78 is 52.5. The van der Waals surface area contributed by atoms with Crippen LogP contribution in [-0.4, -0.2) is 70.2 Å². The van der Waals surface area contributed by atoms with E-state index in [0.717, 1.165) is 57.1 Å². The summed E-state index contributed by atoms with van der Waals surface area (Å²) in [5.74, 6) is -0.112. The topological polar surface area (TPSA) is 92.4 Å². The number of rotatable bonds is 6. The molecule has 1 aliphatic carbocycles. The first-order valence-corrected chi connectivity index (χ1v) is 13.6. The van der Waals surface area contributed by atoms with Crippen molar-refractivity contribution in [3.63, 3.8) is 0 Å². The van der Waals surface area contributed by atoms with E-state index in [1.54, 1.807) is 6.20 Å². The Labute approximate surface area is 224 Å². The van der Waals surface area contributed by atoms with Crippen molar-refractivity contribution in [1.29, 1.82) is 0 Å². The molecule has 8 nitrogen and oxygen atoms in total. The summed E-state index contributed by atoms with van der Waals surface area (Å²) in [4.78, 5) is 27.1. The molecule has 0 bridgehead atoms. The molecule has 11 heteroatoms. The number of fused-ring (bicyclic) bond motifs is 2. The zero-order chi connectivity index (χ0) is 27.0. The Balaban J connectivity index is 1.17. The van der Waals surface area contributed by atoms with Crippen LogP contribution in [0.25, 0.3) is 11.0 Å². The molecule has 0 spiro atoms. The minimum absolute atomic E-state index is 0.126. The second-order valence-electron chi connectivity index (χ2n) is 10.6. The molecule has 6 rings (SSSR count). The van der Waals surface area contributed by atoms with E-state index in [9.17, 15) is 18.0 Å². The number of imidazole rings is 1. The fourth-order valence-electron chi connectivity index (χ4n) is 6.15. The van der Waals surface area contributed by atoms with Crippen molar-refractivity contribution in [3.8, 4) is 0 Å². The van der Waals surface area contributed by atoms with Gasteiger partial charge in [-0.15, -0.1) is 0 Å². The summed E-state index contributed by atoms with van der Waals surface area (Å²) in [7, 11) is 0. The molecule has 4 heterocycles. The maximum absolute atomic E-state index is 13.4. The molecule has 39 heavy (non-hydrogen) atoms. The maximum atomic E-state index is 13.4. The Morgan fingerprint density at radius 1 is 1.15 bits per heavy atom. The second-order valence-corrected chi connectivity index (χ2v) is 10.6. The molecule has 208 valence electrons. The van der Waals surface area contributed by atoms with Gasteiger partial charge in [-0.25, -0.2) is 4.98 Å². The number of hydrogen-bond acceptors (Lipinski definition) is 6. The summed E-state index contributed by atoms with van der Waals surface area (Å²) in [5.41, 5.74) is 1.42. The summed E-state index contributed by atoms with van der Waals surface area (Å²) in [5, 5.41) is 3.11. The van der Waals surface area contributed by atoms with Crippen LogP contribution < -0.4 is 5.32 Å². The third-order valence-corrected chi connectivity index (χ3v) is 8.02. The summed E-state index contributed by atoms with van der Waals surface area (Å²) >= 11 is 0. The number of likely N-dealkylation sites (tertiary alicyclic amines) is 1. The number of benzene rings is 1. The van der Waals surface area contributed by atoms with Crippen LogP contribution in [-0.2, 0) is 33.3 Å². The fraction of sp³-hybridized carbons (Fsp3) is 0.536. The van der Waals surface area contributed by atoms with Gasteiger partial charge in [-0.3, -0.25) is 14.7 Å². The molecule has 2 N–H and O–H groups in total. The van der Waals surface area contributed by atoms with Gasteiger partial charge >= 0.3 is 6.18 Å². The molecule has 4 atom stereocenters. The second kappa shape index (κ2) is 10.9. The van der Waals surface area contributed by atoms with Crippen LogP contribution in [0.15, 0.2) is 36.5 Å². The average molecular weight is 544 g/mol. The van der Waals surface area contributed by atoms with Crippen LogP contribution in [0.2, 0.25) is 0 Å². The molecule has 4 unspecified atom stereocenters. The lowest BCUT2D eigenvalue weighted by atomic mass is 10.1. The normalized spacial score (nSPS) is 26.0. The number of alkyl halides is 3. The Hall–Kier alpha value is -3.02. The average Bonchev–Trinajstić information content (AvgIpc) is 3.54. The largest absolute Gasteiger partial charge is 0.418 e. The Kier molecular flexibility index (Phi) is 7.30. The number of carbonyl (C=O) groups excluding carboxylic acids is 1. The highest BCUT2D eigenvalue weighted by molar-refractivity contribution is 5.82. The number of pyridine rings is 1. The van der Waals surface area contributed by atoms with Gasteiger partial charge in [0.15, 0.2) is 0 Å². The van der Waals surface area contributed by atoms with E-state index in [0.29, 0.717) is 19.1 Å². The Bertz CT molecular complexity index is 1320. The smallest absolute Gasteiger partial charge is 0.381 e. The number of carbonyl (C=O) groups is 1. The first kappa shape index (κ1) is 26.2. The molecule has 0 saturated carbocycles. The number of aromatic nitrogens is 3. The number of ether oxygens (including phenoxy) is 2. The number of halogens is 3. The van der Waals surface area contributed by atoms with E-state index in [2.05, 4.69) is 31.2 Å². The van der Waals surface area contributed by atoms with Crippen molar-refractivity contribution in [2.24, 2.45) is 0 Å². The highest BCUT2D eigenvalue weighted by Crippen LogP contribution is 2.36. The highest BCUT2D eigenvalue weighted by atomic mass is 19.4. The number of nitrogens with one attached hydrogen (secondary N) is 2. The number of amides is 1. The minimum atomic E-state index is -4.52. The van der Waals surface area contributed by atoms with Crippen LogP contribution in [0, 0.1) is 0 Å². The monoisotopic (exact) mass is 543 g/mol. The molecule has 1 amide bonds. The molecule has 3 aromatic rings. The van der Waals surface area contributed by atoms with Gasteiger partial charge in [-0.05, 0) is 55.9 Å². The van der Waals surface area contributed by atoms with Crippen LogP contribution in [0.1, 0.15) is 54.4 Å². The predicted molar refractivity (Wildman–Crippen MR) is 137 cm³/mol. The van der Waals surface area contributed by atoms with Gasteiger partial charge < -0.3 is 19.8 Å². The fourth-order valence-corrected chi connectivity index (χ4v) is 6.15. The van der Waals surface area contributed by atoms with E-state index in [-0.39, 0.29) is 47.4 Å². The molecular weight excluding hydrogens is 511 g/mol. The van der Waals surface area contributed by atoms with Gasteiger partial charge in [-0.1, -0.05) is 12.1 Å². The lowest BCUT2D eigenvalue weighted by Gasteiger charge is -2.26.